The third-order valence-corrected chi connectivity index (χ3v) is 5.09. The lowest BCUT2D eigenvalue weighted by Gasteiger charge is -2.23. The highest BCUT2D eigenvalue weighted by Gasteiger charge is 2.38. The molecule has 2 aliphatic carbocycles. The van der Waals surface area contributed by atoms with E-state index in [2.05, 4.69) is 45.8 Å². The zero-order chi connectivity index (χ0) is 13.4. The summed E-state index contributed by atoms with van der Waals surface area (Å²) in [7, 11) is 0. The molecule has 0 spiro atoms. The number of H-pyrrole nitrogens is 1. The van der Waals surface area contributed by atoms with Crippen LogP contribution < -0.4 is 5.32 Å². The SMILES string of the molecule is c1ccc2c(c1)CC1CCC(C2)C1NCc1ccn[nH]1. The number of nitrogens with one attached hydrogen (secondary N) is 2. The van der Waals surface area contributed by atoms with E-state index in [1.807, 2.05) is 6.20 Å². The first-order valence-electron chi connectivity index (χ1n) is 7.68. The van der Waals surface area contributed by atoms with Crippen LogP contribution in [0.1, 0.15) is 29.7 Å². The van der Waals surface area contributed by atoms with E-state index in [4.69, 9.17) is 0 Å². The normalized spacial score (nSPS) is 28.1. The maximum atomic E-state index is 4.03. The molecule has 1 aromatic heterocycles. The highest BCUT2D eigenvalue weighted by Crippen LogP contribution is 2.40. The first-order valence-corrected chi connectivity index (χ1v) is 7.68. The summed E-state index contributed by atoms with van der Waals surface area (Å²) >= 11 is 0. The quantitative estimate of drug-likeness (QED) is 0.897. The van der Waals surface area contributed by atoms with Crippen LogP contribution in [0, 0.1) is 11.8 Å². The van der Waals surface area contributed by atoms with Crippen LogP contribution in [0.5, 0.6) is 0 Å². The van der Waals surface area contributed by atoms with Crippen LogP contribution in [0.3, 0.4) is 0 Å². The fraction of sp³-hybridized carbons (Fsp3) is 0.471. The molecule has 3 nitrogen and oxygen atoms in total. The summed E-state index contributed by atoms with van der Waals surface area (Å²) in [5.41, 5.74) is 4.34. The van der Waals surface area contributed by atoms with Crippen molar-refractivity contribution in [1.29, 1.82) is 0 Å². The molecule has 2 aromatic rings. The number of aromatic nitrogens is 2. The number of fused-ring (bicyclic) bond motifs is 3. The highest BCUT2D eigenvalue weighted by molar-refractivity contribution is 5.30. The van der Waals surface area contributed by atoms with Crippen LogP contribution in [0.2, 0.25) is 0 Å². The summed E-state index contributed by atoms with van der Waals surface area (Å²) in [4.78, 5) is 0. The van der Waals surface area contributed by atoms with Crippen LogP contribution >= 0.6 is 0 Å². The van der Waals surface area contributed by atoms with E-state index in [0.29, 0.717) is 6.04 Å². The lowest BCUT2D eigenvalue weighted by molar-refractivity contribution is 0.339. The minimum Gasteiger partial charge on any atom is -0.308 e. The first-order chi connectivity index (χ1) is 9.90. The van der Waals surface area contributed by atoms with Gasteiger partial charge in [-0.05, 0) is 54.7 Å². The van der Waals surface area contributed by atoms with E-state index in [-0.39, 0.29) is 0 Å². The average Bonchev–Trinajstić information content (AvgIpc) is 3.04. The molecular weight excluding hydrogens is 246 g/mol. The molecule has 2 atom stereocenters. The van der Waals surface area contributed by atoms with E-state index in [9.17, 15) is 0 Å². The molecule has 0 radical (unpaired) electrons. The molecule has 0 amide bonds. The van der Waals surface area contributed by atoms with Gasteiger partial charge in [0.2, 0.25) is 0 Å². The summed E-state index contributed by atoms with van der Waals surface area (Å²) in [6.45, 7) is 0.911. The largest absolute Gasteiger partial charge is 0.308 e. The Morgan fingerprint density at radius 1 is 1.05 bits per heavy atom. The molecular formula is C17H21N3. The predicted molar refractivity (Wildman–Crippen MR) is 79.3 cm³/mol. The van der Waals surface area contributed by atoms with Gasteiger partial charge in [-0.3, -0.25) is 5.10 Å². The number of benzene rings is 1. The fourth-order valence-corrected chi connectivity index (χ4v) is 4.10. The van der Waals surface area contributed by atoms with E-state index in [1.165, 1.54) is 31.4 Å². The Kier molecular flexibility index (Phi) is 3.07. The van der Waals surface area contributed by atoms with Crippen LogP contribution in [0.4, 0.5) is 0 Å². The zero-order valence-corrected chi connectivity index (χ0v) is 11.7. The maximum Gasteiger partial charge on any atom is 0.0490 e. The van der Waals surface area contributed by atoms with Gasteiger partial charge in [0.1, 0.15) is 0 Å². The van der Waals surface area contributed by atoms with E-state index < -0.39 is 0 Å². The van der Waals surface area contributed by atoms with Crippen molar-refractivity contribution in [2.24, 2.45) is 11.8 Å². The van der Waals surface area contributed by atoms with Crippen molar-refractivity contribution >= 4 is 0 Å². The summed E-state index contributed by atoms with van der Waals surface area (Å²) in [6, 6.07) is 11.7. The first kappa shape index (κ1) is 12.2. The number of aromatic amines is 1. The lowest BCUT2D eigenvalue weighted by atomic mass is 9.94. The molecule has 1 aromatic carbocycles. The van der Waals surface area contributed by atoms with Crippen molar-refractivity contribution in [2.75, 3.05) is 0 Å². The van der Waals surface area contributed by atoms with Crippen LogP contribution in [0.15, 0.2) is 36.5 Å². The van der Waals surface area contributed by atoms with Crippen molar-refractivity contribution in [3.8, 4) is 0 Å². The Bertz CT molecular complexity index is 543. The molecule has 3 heteroatoms. The minimum absolute atomic E-state index is 0.658. The van der Waals surface area contributed by atoms with Crippen molar-refractivity contribution in [2.45, 2.75) is 38.3 Å². The standard InChI is InChI=1S/C17H21N3/c1-2-4-13-10-15-6-5-14(9-12(13)3-1)17(15)18-11-16-7-8-19-20-16/h1-4,7-8,14-15,17-18H,5-6,9-11H2,(H,19,20). The maximum absolute atomic E-state index is 4.03. The van der Waals surface area contributed by atoms with Gasteiger partial charge >= 0.3 is 0 Å². The number of hydrogen-bond acceptors (Lipinski definition) is 2. The van der Waals surface area contributed by atoms with Gasteiger partial charge in [0.05, 0.1) is 0 Å². The lowest BCUT2D eigenvalue weighted by Crippen LogP contribution is -2.37. The van der Waals surface area contributed by atoms with E-state index >= 15 is 0 Å². The molecule has 2 aliphatic rings. The predicted octanol–water partition coefficient (Wildman–Crippen LogP) is 2.69. The third-order valence-electron chi connectivity index (χ3n) is 5.09. The molecule has 2 bridgehead atoms. The topological polar surface area (TPSA) is 40.7 Å². The molecule has 1 saturated carbocycles. The second-order valence-electron chi connectivity index (χ2n) is 6.26. The van der Waals surface area contributed by atoms with Gasteiger partial charge in [-0.2, -0.15) is 5.10 Å². The van der Waals surface area contributed by atoms with E-state index in [0.717, 1.165) is 18.4 Å². The molecule has 0 aliphatic heterocycles. The molecule has 2 N–H and O–H groups in total. The summed E-state index contributed by atoms with van der Waals surface area (Å²) < 4.78 is 0. The smallest absolute Gasteiger partial charge is 0.0490 e. The third kappa shape index (κ3) is 2.16. The molecule has 20 heavy (non-hydrogen) atoms. The van der Waals surface area contributed by atoms with Crippen LogP contribution in [0.25, 0.3) is 0 Å². The van der Waals surface area contributed by atoms with Crippen molar-refractivity contribution in [3.05, 3.63) is 53.3 Å². The van der Waals surface area contributed by atoms with Gasteiger partial charge in [-0.25, -0.2) is 0 Å². The molecule has 1 fully saturated rings. The summed E-state index contributed by atoms with van der Waals surface area (Å²) in [5.74, 6) is 1.60. The van der Waals surface area contributed by atoms with Gasteiger partial charge in [0.25, 0.3) is 0 Å². The summed E-state index contributed by atoms with van der Waals surface area (Å²) in [5, 5.41) is 10.9. The van der Waals surface area contributed by atoms with Crippen LogP contribution in [-0.4, -0.2) is 16.2 Å². The Morgan fingerprint density at radius 3 is 2.35 bits per heavy atom. The highest BCUT2D eigenvalue weighted by atomic mass is 15.1. The van der Waals surface area contributed by atoms with Gasteiger partial charge in [0, 0.05) is 24.5 Å². The van der Waals surface area contributed by atoms with Crippen molar-refractivity contribution in [3.63, 3.8) is 0 Å². The monoisotopic (exact) mass is 267 g/mol. The Labute approximate surface area is 119 Å². The van der Waals surface area contributed by atoms with E-state index in [1.54, 1.807) is 11.1 Å². The molecule has 2 unspecified atom stereocenters. The van der Waals surface area contributed by atoms with Crippen molar-refractivity contribution in [1.82, 2.24) is 15.5 Å². The molecule has 104 valence electrons. The van der Waals surface area contributed by atoms with Gasteiger partial charge in [0.15, 0.2) is 0 Å². The number of hydrogen-bond donors (Lipinski definition) is 2. The zero-order valence-electron chi connectivity index (χ0n) is 11.7. The second-order valence-corrected chi connectivity index (χ2v) is 6.26. The number of nitrogens with zero attached hydrogens (tertiary/aromatic N) is 1. The Hall–Kier alpha value is -1.61. The minimum atomic E-state index is 0.658. The van der Waals surface area contributed by atoms with Gasteiger partial charge < -0.3 is 5.32 Å². The average molecular weight is 267 g/mol. The fourth-order valence-electron chi connectivity index (χ4n) is 4.10. The van der Waals surface area contributed by atoms with Gasteiger partial charge in [-0.15, -0.1) is 0 Å². The molecule has 4 rings (SSSR count). The Morgan fingerprint density at radius 2 is 1.75 bits per heavy atom. The molecule has 0 saturated heterocycles. The Balaban J connectivity index is 1.52. The van der Waals surface area contributed by atoms with Crippen molar-refractivity contribution < 1.29 is 0 Å². The number of rotatable bonds is 3. The summed E-state index contributed by atoms with van der Waals surface area (Å²) in [6.07, 6.45) is 7.06. The molecule has 1 heterocycles. The van der Waals surface area contributed by atoms with Crippen LogP contribution in [-0.2, 0) is 19.4 Å². The van der Waals surface area contributed by atoms with Gasteiger partial charge in [-0.1, -0.05) is 24.3 Å². The second kappa shape index (κ2) is 5.06.